The highest BCUT2D eigenvalue weighted by Gasteiger charge is 2.16. The minimum Gasteiger partial charge on any atom is -0.431 e. The SMILES string of the molecule is Fc1cnc(Oc2cccc([C@@H]3CNCCO3)c2)s1. The fraction of sp³-hybridized carbons (Fsp3) is 0.308. The van der Waals surface area contributed by atoms with E-state index in [0.29, 0.717) is 17.6 Å². The molecule has 2 heterocycles. The molecular formula is C13H13FN2O2S. The summed E-state index contributed by atoms with van der Waals surface area (Å²) in [5, 5.41) is 3.23. The smallest absolute Gasteiger partial charge is 0.281 e. The first kappa shape index (κ1) is 12.5. The van der Waals surface area contributed by atoms with Gasteiger partial charge in [0.05, 0.1) is 18.9 Å². The summed E-state index contributed by atoms with van der Waals surface area (Å²) in [5.74, 6) is 0.640. The van der Waals surface area contributed by atoms with E-state index in [1.54, 1.807) is 0 Å². The second-order valence-electron chi connectivity index (χ2n) is 4.17. The number of aromatic nitrogens is 1. The van der Waals surface area contributed by atoms with Gasteiger partial charge in [0.15, 0.2) is 5.13 Å². The molecule has 0 aliphatic carbocycles. The van der Waals surface area contributed by atoms with Crippen molar-refractivity contribution in [1.82, 2.24) is 10.3 Å². The van der Waals surface area contributed by atoms with Crippen molar-refractivity contribution < 1.29 is 13.9 Å². The number of nitrogens with zero attached hydrogens (tertiary/aromatic N) is 1. The zero-order chi connectivity index (χ0) is 13.1. The van der Waals surface area contributed by atoms with Gasteiger partial charge in [-0.2, -0.15) is 4.39 Å². The maximum atomic E-state index is 12.8. The van der Waals surface area contributed by atoms with Crippen LogP contribution in [0.2, 0.25) is 0 Å². The minimum absolute atomic E-state index is 0.0327. The molecule has 1 fully saturated rings. The third-order valence-corrected chi connectivity index (χ3v) is 3.48. The number of benzene rings is 1. The molecule has 6 heteroatoms. The third kappa shape index (κ3) is 3.09. The van der Waals surface area contributed by atoms with E-state index < -0.39 is 0 Å². The predicted octanol–water partition coefficient (Wildman–Crippen LogP) is 2.74. The Labute approximate surface area is 114 Å². The van der Waals surface area contributed by atoms with Crippen molar-refractivity contribution in [2.75, 3.05) is 19.7 Å². The highest BCUT2D eigenvalue weighted by molar-refractivity contribution is 7.11. The van der Waals surface area contributed by atoms with Gasteiger partial charge in [0.1, 0.15) is 5.75 Å². The molecule has 0 unspecified atom stereocenters. The van der Waals surface area contributed by atoms with Gasteiger partial charge >= 0.3 is 0 Å². The summed E-state index contributed by atoms with van der Waals surface area (Å²) in [5.41, 5.74) is 1.04. The van der Waals surface area contributed by atoms with E-state index in [9.17, 15) is 4.39 Å². The lowest BCUT2D eigenvalue weighted by Gasteiger charge is -2.24. The molecule has 1 atom stereocenters. The Kier molecular flexibility index (Phi) is 3.72. The van der Waals surface area contributed by atoms with Crippen molar-refractivity contribution in [3.8, 4) is 10.9 Å². The van der Waals surface area contributed by atoms with Crippen LogP contribution in [0.3, 0.4) is 0 Å². The maximum absolute atomic E-state index is 12.8. The summed E-state index contributed by atoms with van der Waals surface area (Å²) in [6, 6.07) is 7.61. The Morgan fingerprint density at radius 2 is 2.42 bits per heavy atom. The van der Waals surface area contributed by atoms with Gasteiger partial charge in [-0.25, -0.2) is 4.98 Å². The van der Waals surface area contributed by atoms with Crippen LogP contribution in [0.5, 0.6) is 10.9 Å². The van der Waals surface area contributed by atoms with E-state index in [1.165, 1.54) is 0 Å². The van der Waals surface area contributed by atoms with Crippen LogP contribution in [0.25, 0.3) is 0 Å². The van der Waals surface area contributed by atoms with Crippen LogP contribution in [-0.4, -0.2) is 24.7 Å². The largest absolute Gasteiger partial charge is 0.431 e. The lowest BCUT2D eigenvalue weighted by atomic mass is 10.1. The molecule has 1 saturated heterocycles. The number of ether oxygens (including phenoxy) is 2. The van der Waals surface area contributed by atoms with Crippen molar-refractivity contribution in [2.45, 2.75) is 6.10 Å². The quantitative estimate of drug-likeness (QED) is 0.939. The lowest BCUT2D eigenvalue weighted by molar-refractivity contribution is 0.0276. The van der Waals surface area contributed by atoms with E-state index in [0.717, 1.165) is 36.2 Å². The fourth-order valence-electron chi connectivity index (χ4n) is 1.95. The van der Waals surface area contributed by atoms with E-state index in [1.807, 2.05) is 24.3 Å². The average Bonchev–Trinajstić information content (AvgIpc) is 2.85. The molecule has 1 N–H and O–H groups in total. The molecule has 1 aromatic heterocycles. The number of thiazole rings is 1. The number of nitrogens with one attached hydrogen (secondary N) is 1. The van der Waals surface area contributed by atoms with E-state index in [-0.39, 0.29) is 11.2 Å². The van der Waals surface area contributed by atoms with Crippen molar-refractivity contribution in [3.63, 3.8) is 0 Å². The van der Waals surface area contributed by atoms with E-state index >= 15 is 0 Å². The predicted molar refractivity (Wildman–Crippen MR) is 70.2 cm³/mol. The van der Waals surface area contributed by atoms with Crippen molar-refractivity contribution in [1.29, 1.82) is 0 Å². The highest BCUT2D eigenvalue weighted by Crippen LogP contribution is 2.28. The second kappa shape index (κ2) is 5.64. The van der Waals surface area contributed by atoms with E-state index in [4.69, 9.17) is 9.47 Å². The zero-order valence-electron chi connectivity index (χ0n) is 10.1. The van der Waals surface area contributed by atoms with Crippen LogP contribution < -0.4 is 10.1 Å². The molecule has 0 spiro atoms. The Morgan fingerprint density at radius 1 is 1.47 bits per heavy atom. The molecule has 0 bridgehead atoms. The molecule has 1 aromatic carbocycles. The first-order chi connectivity index (χ1) is 9.31. The lowest BCUT2D eigenvalue weighted by Crippen LogP contribution is -2.33. The molecular weight excluding hydrogens is 267 g/mol. The summed E-state index contributed by atoms with van der Waals surface area (Å²) in [6.45, 7) is 2.37. The molecule has 1 aliphatic heterocycles. The fourth-order valence-corrected chi connectivity index (χ4v) is 2.46. The minimum atomic E-state index is -0.356. The highest BCUT2D eigenvalue weighted by atomic mass is 32.1. The van der Waals surface area contributed by atoms with Crippen LogP contribution in [0.15, 0.2) is 30.5 Å². The normalized spacial score (nSPS) is 19.3. The second-order valence-corrected chi connectivity index (χ2v) is 5.11. The standard InChI is InChI=1S/C13H13FN2O2S/c14-12-8-16-13(19-12)18-10-3-1-2-9(6-10)11-7-15-4-5-17-11/h1-3,6,8,11,15H,4-5,7H2/t11-/m0/s1. The van der Waals surface area contributed by atoms with E-state index in [2.05, 4.69) is 10.3 Å². The summed E-state index contributed by atoms with van der Waals surface area (Å²) >= 11 is 0.880. The third-order valence-electron chi connectivity index (χ3n) is 2.82. The van der Waals surface area contributed by atoms with Gasteiger partial charge < -0.3 is 14.8 Å². The Balaban J connectivity index is 1.75. The number of morpholine rings is 1. The van der Waals surface area contributed by atoms with Gasteiger partial charge in [0.2, 0.25) is 0 Å². The topological polar surface area (TPSA) is 43.4 Å². The first-order valence-corrected chi connectivity index (χ1v) is 6.84. The van der Waals surface area contributed by atoms with Crippen molar-refractivity contribution in [2.24, 2.45) is 0 Å². The van der Waals surface area contributed by atoms with Crippen LogP contribution in [-0.2, 0) is 4.74 Å². The summed E-state index contributed by atoms with van der Waals surface area (Å²) in [4.78, 5) is 3.83. The molecule has 1 aliphatic rings. The zero-order valence-corrected chi connectivity index (χ0v) is 11.0. The first-order valence-electron chi connectivity index (χ1n) is 6.03. The molecule has 19 heavy (non-hydrogen) atoms. The van der Waals surface area contributed by atoms with Gasteiger partial charge in [-0.3, -0.25) is 0 Å². The average molecular weight is 280 g/mol. The van der Waals surface area contributed by atoms with Gasteiger partial charge in [0.25, 0.3) is 5.19 Å². The van der Waals surface area contributed by atoms with Crippen molar-refractivity contribution in [3.05, 3.63) is 41.2 Å². The van der Waals surface area contributed by atoms with Crippen molar-refractivity contribution >= 4 is 11.3 Å². The molecule has 4 nitrogen and oxygen atoms in total. The number of hydrogen-bond acceptors (Lipinski definition) is 5. The molecule has 100 valence electrons. The Bertz CT molecular complexity index is 555. The number of halogens is 1. The Morgan fingerprint density at radius 3 is 3.16 bits per heavy atom. The van der Waals surface area contributed by atoms with Gasteiger partial charge in [0, 0.05) is 13.1 Å². The molecule has 0 saturated carbocycles. The maximum Gasteiger partial charge on any atom is 0.281 e. The van der Waals surface area contributed by atoms with Gasteiger partial charge in [-0.15, -0.1) is 0 Å². The summed E-state index contributed by atoms with van der Waals surface area (Å²) in [6.07, 6.45) is 1.18. The van der Waals surface area contributed by atoms with Crippen LogP contribution >= 0.6 is 11.3 Å². The molecule has 2 aromatic rings. The summed E-state index contributed by atoms with van der Waals surface area (Å²) < 4.78 is 24.1. The number of hydrogen-bond donors (Lipinski definition) is 1. The van der Waals surface area contributed by atoms with Crippen LogP contribution in [0.4, 0.5) is 4.39 Å². The van der Waals surface area contributed by atoms with Crippen LogP contribution in [0, 0.1) is 5.13 Å². The molecule has 0 radical (unpaired) electrons. The summed E-state index contributed by atoms with van der Waals surface area (Å²) in [7, 11) is 0. The Hall–Kier alpha value is -1.50. The van der Waals surface area contributed by atoms with Gasteiger partial charge in [-0.1, -0.05) is 12.1 Å². The molecule has 0 amide bonds. The monoisotopic (exact) mass is 280 g/mol. The van der Waals surface area contributed by atoms with Gasteiger partial charge in [-0.05, 0) is 29.0 Å². The molecule has 3 rings (SSSR count). The van der Waals surface area contributed by atoms with Crippen LogP contribution in [0.1, 0.15) is 11.7 Å². The number of rotatable bonds is 3.